The molecule has 0 saturated heterocycles. The first kappa shape index (κ1) is 21.8. The average molecular weight is 405 g/mol. The van der Waals surface area contributed by atoms with Crippen LogP contribution in [-0.2, 0) is 6.54 Å². The van der Waals surface area contributed by atoms with E-state index in [1.54, 1.807) is 12.1 Å². The lowest BCUT2D eigenvalue weighted by Gasteiger charge is -2.26. The first-order valence-corrected chi connectivity index (χ1v) is 10.6. The number of unbranched alkanes of at least 4 members (excludes halogenated alkanes) is 1. The Bertz CT molecular complexity index is 949. The minimum atomic E-state index is -0.647. The second kappa shape index (κ2) is 9.64. The molecule has 0 fully saturated rings. The zero-order valence-corrected chi connectivity index (χ0v) is 17.6. The molecule has 0 atom stereocenters. The number of nitrogens with two attached hydrogens (primary N) is 1. The molecule has 152 valence electrons. The monoisotopic (exact) mass is 404 g/mol. The number of anilines is 2. The van der Waals surface area contributed by atoms with Crippen LogP contribution in [0.3, 0.4) is 0 Å². The summed E-state index contributed by atoms with van der Waals surface area (Å²) in [5.74, 6) is -0.186. The number of thioether (sulfide) groups is 1. The van der Waals surface area contributed by atoms with Crippen molar-refractivity contribution in [2.45, 2.75) is 45.1 Å². The molecule has 0 radical (unpaired) electrons. The molecule has 0 saturated carbocycles. The van der Waals surface area contributed by atoms with Crippen LogP contribution in [0.1, 0.15) is 44.0 Å². The molecule has 1 amide bonds. The SMILES string of the molecule is CCCCn1c(N)c(N(CC(C)C)C(=O)c2ccccc2SC)c(=O)[nH]c1=O. The zero-order chi connectivity index (χ0) is 20.8. The molecule has 0 spiro atoms. The van der Waals surface area contributed by atoms with Crippen molar-refractivity contribution in [1.82, 2.24) is 9.55 Å². The van der Waals surface area contributed by atoms with E-state index in [0.717, 1.165) is 17.7 Å². The van der Waals surface area contributed by atoms with Crippen molar-refractivity contribution in [1.29, 1.82) is 0 Å². The third kappa shape index (κ3) is 4.67. The summed E-state index contributed by atoms with van der Waals surface area (Å²) >= 11 is 1.46. The molecule has 0 bridgehead atoms. The minimum Gasteiger partial charge on any atom is -0.383 e. The van der Waals surface area contributed by atoms with Crippen molar-refractivity contribution in [2.75, 3.05) is 23.4 Å². The second-order valence-corrected chi connectivity index (χ2v) is 7.86. The van der Waals surface area contributed by atoms with E-state index in [0.29, 0.717) is 18.7 Å². The Morgan fingerprint density at radius 1 is 1.29 bits per heavy atom. The number of hydrogen-bond donors (Lipinski definition) is 2. The number of amides is 1. The van der Waals surface area contributed by atoms with E-state index in [2.05, 4.69) is 4.98 Å². The van der Waals surface area contributed by atoms with Gasteiger partial charge >= 0.3 is 5.69 Å². The van der Waals surface area contributed by atoms with Crippen LogP contribution < -0.4 is 21.9 Å². The number of carbonyl (C=O) groups is 1. The fourth-order valence-electron chi connectivity index (χ4n) is 2.98. The Kier molecular flexibility index (Phi) is 7.51. The number of nitrogens with one attached hydrogen (secondary N) is 1. The van der Waals surface area contributed by atoms with E-state index in [1.807, 2.05) is 39.2 Å². The van der Waals surface area contributed by atoms with E-state index < -0.39 is 11.2 Å². The van der Waals surface area contributed by atoms with E-state index in [4.69, 9.17) is 5.73 Å². The van der Waals surface area contributed by atoms with Crippen LogP contribution in [0.5, 0.6) is 0 Å². The summed E-state index contributed by atoms with van der Waals surface area (Å²) in [5.41, 5.74) is 5.56. The van der Waals surface area contributed by atoms with Gasteiger partial charge in [-0.05, 0) is 30.7 Å². The molecule has 1 aromatic carbocycles. The van der Waals surface area contributed by atoms with E-state index >= 15 is 0 Å². The average Bonchev–Trinajstić information content (AvgIpc) is 2.66. The van der Waals surface area contributed by atoms with Crippen LogP contribution in [-0.4, -0.2) is 28.3 Å². The van der Waals surface area contributed by atoms with Gasteiger partial charge in [0.25, 0.3) is 11.5 Å². The fraction of sp³-hybridized carbons (Fsp3) is 0.450. The Hall–Kier alpha value is -2.48. The normalized spacial score (nSPS) is 11.0. The number of benzene rings is 1. The third-order valence-electron chi connectivity index (χ3n) is 4.35. The van der Waals surface area contributed by atoms with Crippen LogP contribution >= 0.6 is 11.8 Å². The van der Waals surface area contributed by atoms with Crippen LogP contribution in [0.4, 0.5) is 11.5 Å². The zero-order valence-electron chi connectivity index (χ0n) is 16.8. The first-order valence-electron chi connectivity index (χ1n) is 9.39. The predicted octanol–water partition coefficient (Wildman–Crippen LogP) is 2.94. The van der Waals surface area contributed by atoms with Gasteiger partial charge in [-0.15, -0.1) is 11.8 Å². The van der Waals surface area contributed by atoms with Gasteiger partial charge in [0.2, 0.25) is 0 Å². The van der Waals surface area contributed by atoms with Gasteiger partial charge in [0.1, 0.15) is 5.82 Å². The molecule has 3 N–H and O–H groups in total. The molecular formula is C20H28N4O3S. The molecule has 0 aliphatic carbocycles. The maximum absolute atomic E-state index is 13.4. The molecule has 28 heavy (non-hydrogen) atoms. The van der Waals surface area contributed by atoms with Gasteiger partial charge in [0, 0.05) is 18.0 Å². The topological polar surface area (TPSA) is 101 Å². The summed E-state index contributed by atoms with van der Waals surface area (Å²) < 4.78 is 1.33. The maximum Gasteiger partial charge on any atom is 0.330 e. The summed E-state index contributed by atoms with van der Waals surface area (Å²) in [4.78, 5) is 42.8. The minimum absolute atomic E-state index is 0.0258. The molecule has 0 unspecified atom stereocenters. The van der Waals surface area contributed by atoms with Crippen LogP contribution in [0, 0.1) is 5.92 Å². The van der Waals surface area contributed by atoms with Crippen LogP contribution in [0.15, 0.2) is 38.8 Å². The number of nitrogen functional groups attached to an aromatic ring is 1. The standard InChI is InChI=1S/C20H28N4O3S/c1-5-6-11-23-17(21)16(18(25)22-20(23)27)24(12-13(2)3)19(26)14-9-7-8-10-15(14)28-4/h7-10,13H,5-6,11-12,21H2,1-4H3,(H,22,25,27). The van der Waals surface area contributed by atoms with Crippen LogP contribution in [0.25, 0.3) is 0 Å². The number of H-pyrrole nitrogens is 1. The molecule has 8 heteroatoms. The lowest BCUT2D eigenvalue weighted by molar-refractivity contribution is 0.0980. The smallest absolute Gasteiger partial charge is 0.330 e. The molecule has 7 nitrogen and oxygen atoms in total. The summed E-state index contributed by atoms with van der Waals surface area (Å²) in [7, 11) is 0. The highest BCUT2D eigenvalue weighted by atomic mass is 32.2. The van der Waals surface area contributed by atoms with Crippen molar-refractivity contribution in [3.8, 4) is 0 Å². The van der Waals surface area contributed by atoms with Gasteiger partial charge in [-0.2, -0.15) is 0 Å². The summed E-state index contributed by atoms with van der Waals surface area (Å²) in [6.07, 6.45) is 3.50. The highest BCUT2D eigenvalue weighted by Gasteiger charge is 2.27. The maximum atomic E-state index is 13.4. The van der Waals surface area contributed by atoms with E-state index in [9.17, 15) is 14.4 Å². The Balaban J connectivity index is 2.65. The molecular weight excluding hydrogens is 376 g/mol. The molecule has 1 heterocycles. The molecule has 1 aromatic heterocycles. The number of aromatic amines is 1. The highest BCUT2D eigenvalue weighted by Crippen LogP contribution is 2.26. The van der Waals surface area contributed by atoms with E-state index in [-0.39, 0.29) is 23.3 Å². The first-order chi connectivity index (χ1) is 13.3. The van der Waals surface area contributed by atoms with Gasteiger partial charge in [0.05, 0.1) is 5.56 Å². The van der Waals surface area contributed by atoms with E-state index in [1.165, 1.54) is 21.2 Å². The molecule has 0 aliphatic heterocycles. The van der Waals surface area contributed by atoms with Crippen molar-refractivity contribution in [2.24, 2.45) is 5.92 Å². The number of carbonyl (C=O) groups excluding carboxylic acids is 1. The number of nitrogens with zero attached hydrogens (tertiary/aromatic N) is 2. The second-order valence-electron chi connectivity index (χ2n) is 7.01. The Morgan fingerprint density at radius 3 is 2.57 bits per heavy atom. The lowest BCUT2D eigenvalue weighted by atomic mass is 10.1. The number of hydrogen-bond acceptors (Lipinski definition) is 5. The van der Waals surface area contributed by atoms with Crippen LogP contribution in [0.2, 0.25) is 0 Å². The quantitative estimate of drug-likeness (QED) is 0.659. The fourth-order valence-corrected chi connectivity index (χ4v) is 3.57. The third-order valence-corrected chi connectivity index (χ3v) is 5.15. The van der Waals surface area contributed by atoms with Gasteiger partial charge < -0.3 is 10.6 Å². The van der Waals surface area contributed by atoms with Gasteiger partial charge in [-0.3, -0.25) is 19.1 Å². The van der Waals surface area contributed by atoms with Crippen molar-refractivity contribution < 1.29 is 4.79 Å². The predicted molar refractivity (Wildman–Crippen MR) is 115 cm³/mol. The van der Waals surface area contributed by atoms with Gasteiger partial charge in [-0.25, -0.2) is 4.79 Å². The van der Waals surface area contributed by atoms with Gasteiger partial charge in [-0.1, -0.05) is 39.3 Å². The van der Waals surface area contributed by atoms with Crippen molar-refractivity contribution in [3.05, 3.63) is 50.7 Å². The Morgan fingerprint density at radius 2 is 1.96 bits per heavy atom. The summed E-state index contributed by atoms with van der Waals surface area (Å²) in [6.45, 7) is 6.61. The summed E-state index contributed by atoms with van der Waals surface area (Å²) in [6, 6.07) is 7.25. The number of rotatable bonds is 8. The summed E-state index contributed by atoms with van der Waals surface area (Å²) in [5, 5.41) is 0. The van der Waals surface area contributed by atoms with Crippen molar-refractivity contribution >= 4 is 29.2 Å². The van der Waals surface area contributed by atoms with Gasteiger partial charge in [0.15, 0.2) is 5.69 Å². The molecule has 2 aromatic rings. The lowest BCUT2D eigenvalue weighted by Crippen LogP contribution is -2.42. The number of aromatic nitrogens is 2. The largest absolute Gasteiger partial charge is 0.383 e. The molecule has 2 rings (SSSR count). The molecule has 0 aliphatic rings. The highest BCUT2D eigenvalue weighted by molar-refractivity contribution is 7.98. The van der Waals surface area contributed by atoms with Crippen molar-refractivity contribution in [3.63, 3.8) is 0 Å². The Labute approximate surface area is 168 Å².